The Hall–Kier alpha value is -1.43. The standard InChI is InChI=1S/C15H13.2C6H7.ClH.Zr/c1-10-3-5-14-12(7-10)9-13-8-11(2)4-6-15(13)14;2*1-6-4-2-3-5-6;;/h3-7H,9H2,1-2H3;2*4-5H,2H2,1H3;1H;/q;;;;+1/p-1. The van der Waals surface area contributed by atoms with Gasteiger partial charge in [0.2, 0.25) is 0 Å². The zero-order valence-corrected chi connectivity index (χ0v) is 20.9. The molecule has 0 saturated carbocycles. The van der Waals surface area contributed by atoms with E-state index in [2.05, 4.69) is 82.3 Å². The number of allylic oxidation sites excluding steroid dienone is 8. The molecule has 0 nitrogen and oxygen atoms in total. The smallest absolute Gasteiger partial charge is 1.00 e. The van der Waals surface area contributed by atoms with Crippen molar-refractivity contribution in [1.82, 2.24) is 0 Å². The predicted molar refractivity (Wildman–Crippen MR) is 117 cm³/mol. The number of aryl methyl sites for hydroxylation is 2. The SMILES string of the molecule is CC1=CC[C]([Zr+]([C]2=CC(C)=CC2)[c]2c(C)ccc3c2Cc2cc(C)ccc2-3)=C1.[Cl-]. The molecule has 29 heavy (non-hydrogen) atoms. The van der Waals surface area contributed by atoms with E-state index in [9.17, 15) is 0 Å². The van der Waals surface area contributed by atoms with Gasteiger partial charge < -0.3 is 12.4 Å². The van der Waals surface area contributed by atoms with E-state index < -0.39 is 21.8 Å². The van der Waals surface area contributed by atoms with E-state index in [1.54, 1.807) is 15.4 Å². The van der Waals surface area contributed by atoms with Crippen molar-refractivity contribution in [3.05, 3.63) is 94.6 Å². The Bertz CT molecular complexity index is 1090. The molecular formula is C27H27ClZr. The minimum absolute atomic E-state index is 0. The molecule has 0 aromatic heterocycles. The molecule has 0 spiro atoms. The van der Waals surface area contributed by atoms with Crippen molar-refractivity contribution in [2.75, 3.05) is 0 Å². The van der Waals surface area contributed by atoms with E-state index in [-0.39, 0.29) is 12.4 Å². The van der Waals surface area contributed by atoms with E-state index in [4.69, 9.17) is 0 Å². The zero-order valence-electron chi connectivity index (χ0n) is 17.7. The van der Waals surface area contributed by atoms with Gasteiger partial charge in [0.25, 0.3) is 0 Å². The molecule has 0 unspecified atom stereocenters. The van der Waals surface area contributed by atoms with Crippen molar-refractivity contribution in [2.45, 2.75) is 47.0 Å². The van der Waals surface area contributed by atoms with Crippen LogP contribution < -0.4 is 15.7 Å². The molecule has 0 radical (unpaired) electrons. The number of fused-ring (bicyclic) bond motifs is 3. The molecule has 0 atom stereocenters. The molecule has 5 rings (SSSR count). The number of hydrogen-bond donors (Lipinski definition) is 0. The first kappa shape index (κ1) is 20.8. The van der Waals surface area contributed by atoms with Gasteiger partial charge in [0.05, 0.1) is 0 Å². The van der Waals surface area contributed by atoms with Gasteiger partial charge in [-0.25, -0.2) is 0 Å². The van der Waals surface area contributed by atoms with E-state index in [1.165, 1.54) is 51.8 Å². The van der Waals surface area contributed by atoms with Crippen LogP contribution in [0.25, 0.3) is 11.1 Å². The van der Waals surface area contributed by atoms with Crippen LogP contribution in [0.5, 0.6) is 0 Å². The van der Waals surface area contributed by atoms with Crippen molar-refractivity contribution in [3.63, 3.8) is 0 Å². The first-order chi connectivity index (χ1) is 13.5. The molecule has 0 heterocycles. The van der Waals surface area contributed by atoms with Crippen LogP contribution in [-0.2, 0) is 28.2 Å². The van der Waals surface area contributed by atoms with E-state index in [0.29, 0.717) is 0 Å². The number of rotatable bonds is 3. The van der Waals surface area contributed by atoms with Gasteiger partial charge >= 0.3 is 178 Å². The van der Waals surface area contributed by atoms with Crippen LogP contribution in [0.2, 0.25) is 0 Å². The number of hydrogen-bond acceptors (Lipinski definition) is 0. The predicted octanol–water partition coefficient (Wildman–Crippen LogP) is 3.59. The van der Waals surface area contributed by atoms with E-state index in [1.807, 2.05) is 0 Å². The summed E-state index contributed by atoms with van der Waals surface area (Å²) in [4.78, 5) is 0. The Kier molecular flexibility index (Phi) is 5.75. The summed E-state index contributed by atoms with van der Waals surface area (Å²) in [5.41, 5.74) is 11.9. The minimum Gasteiger partial charge on any atom is -1.00 e. The van der Waals surface area contributed by atoms with Crippen LogP contribution in [0.15, 0.2) is 72.3 Å². The second-order valence-electron chi connectivity index (χ2n) is 8.64. The van der Waals surface area contributed by atoms with Crippen molar-refractivity contribution in [1.29, 1.82) is 0 Å². The maximum Gasteiger partial charge on any atom is -1.00 e. The van der Waals surface area contributed by atoms with Crippen molar-refractivity contribution >= 4 is 3.27 Å². The topological polar surface area (TPSA) is 0 Å². The van der Waals surface area contributed by atoms with Crippen LogP contribution in [0, 0.1) is 13.8 Å². The Labute approximate surface area is 189 Å². The molecule has 2 aromatic carbocycles. The van der Waals surface area contributed by atoms with Crippen LogP contribution >= 0.6 is 0 Å². The molecule has 2 heteroatoms. The van der Waals surface area contributed by atoms with Crippen LogP contribution in [-0.4, -0.2) is 0 Å². The van der Waals surface area contributed by atoms with Crippen molar-refractivity contribution < 1.29 is 34.2 Å². The molecule has 0 bridgehead atoms. The summed E-state index contributed by atoms with van der Waals surface area (Å²) < 4.78 is 5.29. The molecule has 0 saturated heterocycles. The second kappa shape index (κ2) is 8.01. The zero-order chi connectivity index (χ0) is 19.4. The summed E-state index contributed by atoms with van der Waals surface area (Å²) in [5, 5.41) is 0. The Morgan fingerprint density at radius 2 is 1.38 bits per heavy atom. The fraction of sp³-hybridized carbons (Fsp3) is 0.259. The summed E-state index contributed by atoms with van der Waals surface area (Å²) in [6, 6.07) is 11.8. The molecule has 2 aromatic rings. The largest absolute Gasteiger partial charge is 1.00 e. The van der Waals surface area contributed by atoms with Gasteiger partial charge in [-0.05, 0) is 0 Å². The fourth-order valence-corrected chi connectivity index (χ4v) is 13.5. The monoisotopic (exact) mass is 476 g/mol. The summed E-state index contributed by atoms with van der Waals surface area (Å²) in [6.45, 7) is 9.10. The molecule has 0 fully saturated rings. The fourth-order valence-electron chi connectivity index (χ4n) is 5.07. The average Bonchev–Trinajstić information content (AvgIpc) is 3.36. The van der Waals surface area contributed by atoms with Gasteiger partial charge in [-0.1, -0.05) is 0 Å². The van der Waals surface area contributed by atoms with Crippen LogP contribution in [0.3, 0.4) is 0 Å². The normalized spacial score (nSPS) is 16.4. The van der Waals surface area contributed by atoms with E-state index >= 15 is 0 Å². The number of halogens is 1. The van der Waals surface area contributed by atoms with Gasteiger partial charge in [-0.3, -0.25) is 0 Å². The van der Waals surface area contributed by atoms with Gasteiger partial charge in [0, 0.05) is 0 Å². The Morgan fingerprint density at radius 3 is 1.97 bits per heavy atom. The molecule has 3 aliphatic rings. The third kappa shape index (κ3) is 3.62. The quantitative estimate of drug-likeness (QED) is 0.540. The second-order valence-corrected chi connectivity index (χ2v) is 14.9. The summed E-state index contributed by atoms with van der Waals surface area (Å²) in [7, 11) is 0. The first-order valence-electron chi connectivity index (χ1n) is 10.4. The number of benzene rings is 2. The summed E-state index contributed by atoms with van der Waals surface area (Å²) in [5.74, 6) is 0. The van der Waals surface area contributed by atoms with Gasteiger partial charge in [-0.2, -0.15) is 0 Å². The van der Waals surface area contributed by atoms with Gasteiger partial charge in [0.1, 0.15) is 0 Å². The van der Waals surface area contributed by atoms with Crippen LogP contribution in [0.4, 0.5) is 0 Å². The Morgan fingerprint density at radius 1 is 0.759 bits per heavy atom. The average molecular weight is 478 g/mol. The van der Waals surface area contributed by atoms with Gasteiger partial charge in [-0.15, -0.1) is 0 Å². The maximum atomic E-state index is 2.52. The van der Waals surface area contributed by atoms with Crippen molar-refractivity contribution in [3.8, 4) is 11.1 Å². The van der Waals surface area contributed by atoms with E-state index in [0.717, 1.165) is 6.42 Å². The third-order valence-corrected chi connectivity index (χ3v) is 14.2. The molecular weight excluding hydrogens is 451 g/mol. The summed E-state index contributed by atoms with van der Waals surface area (Å²) >= 11 is -2.13. The summed E-state index contributed by atoms with van der Waals surface area (Å²) in [6.07, 6.45) is 13.4. The molecule has 0 aliphatic heterocycles. The maximum absolute atomic E-state index is 2.52. The van der Waals surface area contributed by atoms with Gasteiger partial charge in [0.15, 0.2) is 0 Å². The van der Waals surface area contributed by atoms with Crippen LogP contribution in [0.1, 0.15) is 48.9 Å². The molecule has 146 valence electrons. The first-order valence-corrected chi connectivity index (χ1v) is 14.0. The Balaban J connectivity index is 0.00000205. The van der Waals surface area contributed by atoms with Crippen molar-refractivity contribution in [2.24, 2.45) is 0 Å². The molecule has 3 aliphatic carbocycles. The third-order valence-electron chi connectivity index (χ3n) is 6.42. The molecule has 0 amide bonds. The minimum atomic E-state index is -2.13. The molecule has 0 N–H and O–H groups in total.